The van der Waals surface area contributed by atoms with Crippen molar-refractivity contribution in [1.82, 2.24) is 9.88 Å². The molecule has 0 N–H and O–H groups in total. The molecule has 0 radical (unpaired) electrons. The zero-order valence-corrected chi connectivity index (χ0v) is 12.8. The van der Waals surface area contributed by atoms with Crippen molar-refractivity contribution >= 4 is 27.7 Å². The molecular weight excluding hydrogens is 294 g/mol. The molecule has 5 heteroatoms. The number of aromatic nitrogens is 1. The molecule has 0 saturated carbocycles. The molecule has 0 atom stereocenters. The second-order valence-electron chi connectivity index (χ2n) is 5.20. The Morgan fingerprint density at radius 1 is 1.39 bits per heavy atom. The molecule has 1 aromatic rings. The van der Waals surface area contributed by atoms with Gasteiger partial charge in [-0.3, -0.25) is 4.79 Å². The number of hydrogen-bond donors (Lipinski definition) is 0. The number of carbonyl (C=O) groups is 1. The van der Waals surface area contributed by atoms with E-state index >= 15 is 0 Å². The average Bonchev–Trinajstić information content (AvgIpc) is 2.31. The van der Waals surface area contributed by atoms with Gasteiger partial charge in [0.2, 0.25) is 5.91 Å². The lowest BCUT2D eigenvalue weighted by Crippen LogP contribution is -2.62. The van der Waals surface area contributed by atoms with Gasteiger partial charge in [0.25, 0.3) is 0 Å². The van der Waals surface area contributed by atoms with Crippen LogP contribution < -0.4 is 4.90 Å². The maximum atomic E-state index is 12.3. The first-order valence-electron chi connectivity index (χ1n) is 6.00. The minimum atomic E-state index is -0.559. The summed E-state index contributed by atoms with van der Waals surface area (Å²) in [5.74, 6) is 0.977. The first-order chi connectivity index (χ1) is 8.35. The molecule has 1 fully saturated rings. The van der Waals surface area contributed by atoms with E-state index in [1.807, 2.05) is 33.9 Å². The molecule has 1 aliphatic rings. The number of carbonyl (C=O) groups excluding carboxylic acids is 1. The van der Waals surface area contributed by atoms with Gasteiger partial charge in [-0.1, -0.05) is 0 Å². The van der Waals surface area contributed by atoms with Gasteiger partial charge in [-0.2, -0.15) is 0 Å². The molecule has 0 aromatic carbocycles. The summed E-state index contributed by atoms with van der Waals surface area (Å²) in [5, 5.41) is 0. The van der Waals surface area contributed by atoms with E-state index in [0.717, 1.165) is 28.9 Å². The topological polar surface area (TPSA) is 36.4 Å². The van der Waals surface area contributed by atoms with E-state index in [9.17, 15) is 4.79 Å². The van der Waals surface area contributed by atoms with Gasteiger partial charge < -0.3 is 9.80 Å². The number of nitrogens with zero attached hydrogens (tertiary/aromatic N) is 3. The van der Waals surface area contributed by atoms with Crippen LogP contribution in [0.25, 0.3) is 0 Å². The van der Waals surface area contributed by atoms with Crippen LogP contribution in [0, 0.1) is 6.92 Å². The lowest BCUT2D eigenvalue weighted by Gasteiger charge is -2.45. The fourth-order valence-corrected chi connectivity index (χ4v) is 2.75. The molecule has 2 heterocycles. The van der Waals surface area contributed by atoms with E-state index in [4.69, 9.17) is 0 Å². The van der Waals surface area contributed by atoms with Gasteiger partial charge in [0.1, 0.15) is 11.4 Å². The van der Waals surface area contributed by atoms with Crippen molar-refractivity contribution < 1.29 is 4.79 Å². The molecular formula is C13H18BrN3O. The summed E-state index contributed by atoms with van der Waals surface area (Å²) < 4.78 is 0.968. The van der Waals surface area contributed by atoms with Crippen molar-refractivity contribution in [2.24, 2.45) is 0 Å². The smallest absolute Gasteiger partial charge is 0.247 e. The Labute approximate surface area is 116 Å². The number of aryl methyl sites for hydroxylation is 1. The molecule has 18 heavy (non-hydrogen) atoms. The summed E-state index contributed by atoms with van der Waals surface area (Å²) in [4.78, 5) is 20.5. The van der Waals surface area contributed by atoms with Crippen LogP contribution in [0.2, 0.25) is 0 Å². The average molecular weight is 312 g/mol. The minimum absolute atomic E-state index is 0.129. The molecule has 4 nitrogen and oxygen atoms in total. The Morgan fingerprint density at radius 3 is 2.72 bits per heavy atom. The number of anilines is 1. The number of hydrogen-bond acceptors (Lipinski definition) is 3. The third-order valence-electron chi connectivity index (χ3n) is 3.52. The monoisotopic (exact) mass is 311 g/mol. The molecule has 0 unspecified atom stereocenters. The van der Waals surface area contributed by atoms with Crippen LogP contribution in [0.1, 0.15) is 19.4 Å². The first-order valence-corrected chi connectivity index (χ1v) is 6.79. The number of halogens is 1. The van der Waals surface area contributed by atoms with Crippen molar-refractivity contribution in [2.45, 2.75) is 26.3 Å². The number of pyridine rings is 1. The number of amides is 1. The maximum Gasteiger partial charge on any atom is 0.247 e. The predicted molar refractivity (Wildman–Crippen MR) is 75.7 cm³/mol. The molecule has 98 valence electrons. The van der Waals surface area contributed by atoms with Gasteiger partial charge in [0.05, 0.1) is 4.47 Å². The van der Waals surface area contributed by atoms with Gasteiger partial charge in [0.15, 0.2) is 0 Å². The van der Waals surface area contributed by atoms with Crippen molar-refractivity contribution in [1.29, 1.82) is 0 Å². The van der Waals surface area contributed by atoms with E-state index in [0.29, 0.717) is 0 Å². The Balaban J connectivity index is 2.45. The summed E-state index contributed by atoms with van der Waals surface area (Å²) in [5.41, 5.74) is 0.568. The van der Waals surface area contributed by atoms with E-state index in [2.05, 4.69) is 25.8 Å². The van der Waals surface area contributed by atoms with Crippen molar-refractivity contribution in [3.8, 4) is 0 Å². The van der Waals surface area contributed by atoms with Gasteiger partial charge >= 0.3 is 0 Å². The molecule has 1 saturated heterocycles. The van der Waals surface area contributed by atoms with Crippen molar-refractivity contribution in [2.75, 3.05) is 25.0 Å². The Hall–Kier alpha value is -1.10. The van der Waals surface area contributed by atoms with Gasteiger partial charge in [-0.05, 0) is 48.3 Å². The van der Waals surface area contributed by atoms with Crippen LogP contribution in [0.3, 0.4) is 0 Å². The lowest BCUT2D eigenvalue weighted by atomic mass is 9.97. The number of likely N-dealkylation sites (N-methyl/N-ethyl adjacent to an activating group) is 1. The van der Waals surface area contributed by atoms with E-state index in [1.54, 1.807) is 11.1 Å². The molecule has 1 aromatic heterocycles. The largest absolute Gasteiger partial charge is 0.342 e. The van der Waals surface area contributed by atoms with E-state index in [1.165, 1.54) is 0 Å². The highest BCUT2D eigenvalue weighted by atomic mass is 79.9. The van der Waals surface area contributed by atoms with E-state index in [-0.39, 0.29) is 5.91 Å². The standard InChI is InChI=1S/C13H18BrN3O/c1-9-5-6-15-11(10(9)14)17-8-7-16(4)12(18)13(17,2)3/h5-6H,7-8H2,1-4H3. The molecule has 0 spiro atoms. The molecule has 2 rings (SSSR count). The first kappa shape index (κ1) is 13.3. The van der Waals surface area contributed by atoms with Crippen LogP contribution in [-0.4, -0.2) is 41.5 Å². The Kier molecular flexibility index (Phi) is 3.36. The summed E-state index contributed by atoms with van der Waals surface area (Å²) >= 11 is 3.57. The third kappa shape index (κ3) is 2.00. The number of rotatable bonds is 1. The van der Waals surface area contributed by atoms with Crippen LogP contribution in [0.15, 0.2) is 16.7 Å². The van der Waals surface area contributed by atoms with Crippen LogP contribution in [0.4, 0.5) is 5.82 Å². The lowest BCUT2D eigenvalue weighted by molar-refractivity contribution is -0.136. The molecule has 1 amide bonds. The highest BCUT2D eigenvalue weighted by Crippen LogP contribution is 2.33. The SMILES string of the molecule is Cc1ccnc(N2CCN(C)C(=O)C2(C)C)c1Br. The summed E-state index contributed by atoms with van der Waals surface area (Å²) in [6.45, 7) is 7.44. The Morgan fingerprint density at radius 2 is 2.06 bits per heavy atom. The Bertz CT molecular complexity index is 487. The van der Waals surface area contributed by atoms with Crippen LogP contribution in [-0.2, 0) is 4.79 Å². The van der Waals surface area contributed by atoms with Gasteiger partial charge in [-0.15, -0.1) is 0 Å². The normalized spacial score (nSPS) is 19.3. The maximum absolute atomic E-state index is 12.3. The van der Waals surface area contributed by atoms with Gasteiger partial charge in [-0.25, -0.2) is 4.98 Å². The third-order valence-corrected chi connectivity index (χ3v) is 4.50. The second kappa shape index (κ2) is 4.53. The fourth-order valence-electron chi connectivity index (χ4n) is 2.30. The predicted octanol–water partition coefficient (Wildman–Crippen LogP) is 2.21. The van der Waals surface area contributed by atoms with Crippen LogP contribution >= 0.6 is 15.9 Å². The molecule has 0 aliphatic carbocycles. The second-order valence-corrected chi connectivity index (χ2v) is 6.00. The van der Waals surface area contributed by atoms with Gasteiger partial charge in [0, 0.05) is 26.3 Å². The van der Waals surface area contributed by atoms with E-state index < -0.39 is 5.54 Å². The highest BCUT2D eigenvalue weighted by Gasteiger charge is 2.41. The van der Waals surface area contributed by atoms with Crippen molar-refractivity contribution in [3.05, 3.63) is 22.3 Å². The van der Waals surface area contributed by atoms with Crippen LogP contribution in [0.5, 0.6) is 0 Å². The summed E-state index contributed by atoms with van der Waals surface area (Å²) in [7, 11) is 1.85. The minimum Gasteiger partial charge on any atom is -0.342 e. The number of piperazine rings is 1. The molecule has 1 aliphatic heterocycles. The zero-order chi connectivity index (χ0) is 13.5. The fraction of sp³-hybridized carbons (Fsp3) is 0.538. The summed E-state index contributed by atoms with van der Waals surface area (Å²) in [6, 6.07) is 1.96. The highest BCUT2D eigenvalue weighted by molar-refractivity contribution is 9.10. The zero-order valence-electron chi connectivity index (χ0n) is 11.2. The molecule has 0 bridgehead atoms. The quantitative estimate of drug-likeness (QED) is 0.798. The summed E-state index contributed by atoms with van der Waals surface area (Å²) in [6.07, 6.45) is 1.79. The van der Waals surface area contributed by atoms with Crippen molar-refractivity contribution in [3.63, 3.8) is 0 Å².